The summed E-state index contributed by atoms with van der Waals surface area (Å²) in [5.41, 5.74) is 2.63. The molecule has 2 aromatic rings. The zero-order chi connectivity index (χ0) is 19.8. The van der Waals surface area contributed by atoms with Crippen molar-refractivity contribution in [2.24, 2.45) is 0 Å². The molecular weight excluding hydrogens is 350 g/mol. The Morgan fingerprint density at radius 1 is 0.929 bits per heavy atom. The summed E-state index contributed by atoms with van der Waals surface area (Å²) in [5.74, 6) is 0.0549. The molecule has 0 aliphatic carbocycles. The van der Waals surface area contributed by atoms with Crippen LogP contribution < -0.4 is 15.1 Å². The minimum absolute atomic E-state index is 0.0259. The third kappa shape index (κ3) is 6.15. The lowest BCUT2D eigenvalue weighted by molar-refractivity contribution is -1.01. The maximum Gasteiger partial charge on any atom is 0.279 e. The van der Waals surface area contributed by atoms with Crippen LogP contribution in [0.3, 0.4) is 0 Å². The molecule has 2 aromatic carbocycles. The van der Waals surface area contributed by atoms with Crippen molar-refractivity contribution in [1.29, 1.82) is 0 Å². The predicted octanol–water partition coefficient (Wildman–Crippen LogP) is 0.325. The van der Waals surface area contributed by atoms with E-state index in [9.17, 15) is 9.59 Å². The number of rotatable bonds is 7. The number of anilines is 1. The van der Waals surface area contributed by atoms with Crippen molar-refractivity contribution in [1.82, 2.24) is 0 Å². The van der Waals surface area contributed by atoms with Gasteiger partial charge in [0, 0.05) is 11.3 Å². The van der Waals surface area contributed by atoms with E-state index >= 15 is 0 Å². The number of ketones is 1. The number of hydrogen-bond acceptors (Lipinski definition) is 2. The van der Waals surface area contributed by atoms with Crippen LogP contribution in [0.5, 0.6) is 0 Å². The molecule has 1 heterocycles. The fourth-order valence-corrected chi connectivity index (χ4v) is 3.48. The molecule has 0 atom stereocenters. The van der Waals surface area contributed by atoms with Crippen molar-refractivity contribution >= 4 is 23.5 Å². The number of hydrogen-bond donors (Lipinski definition) is 3. The smallest absolute Gasteiger partial charge is 0.279 e. The van der Waals surface area contributed by atoms with Crippen molar-refractivity contribution in [2.45, 2.75) is 6.92 Å². The number of amides is 1. The van der Waals surface area contributed by atoms with Crippen LogP contribution in [-0.4, -0.2) is 51.0 Å². The zero-order valence-corrected chi connectivity index (χ0v) is 16.4. The molecule has 146 valence electrons. The lowest BCUT2D eigenvalue weighted by Crippen LogP contribution is -3.28. The van der Waals surface area contributed by atoms with Crippen LogP contribution in [0.15, 0.2) is 60.7 Å². The highest BCUT2D eigenvalue weighted by Crippen LogP contribution is 2.09. The van der Waals surface area contributed by atoms with E-state index in [0.717, 1.165) is 38.4 Å². The molecule has 5 heteroatoms. The van der Waals surface area contributed by atoms with Gasteiger partial charge in [0.05, 0.1) is 6.54 Å². The van der Waals surface area contributed by atoms with Gasteiger partial charge in [0.2, 0.25) is 0 Å². The summed E-state index contributed by atoms with van der Waals surface area (Å²) in [4.78, 5) is 26.5. The van der Waals surface area contributed by atoms with Crippen molar-refractivity contribution in [3.63, 3.8) is 0 Å². The van der Waals surface area contributed by atoms with E-state index in [1.165, 1.54) is 17.4 Å². The largest absolute Gasteiger partial charge is 0.322 e. The van der Waals surface area contributed by atoms with Crippen molar-refractivity contribution in [3.05, 3.63) is 71.8 Å². The van der Waals surface area contributed by atoms with Crippen molar-refractivity contribution < 1.29 is 19.4 Å². The fourth-order valence-electron chi connectivity index (χ4n) is 3.48. The van der Waals surface area contributed by atoms with Gasteiger partial charge in [0.25, 0.3) is 5.91 Å². The lowest BCUT2D eigenvalue weighted by atomic mass is 10.1. The van der Waals surface area contributed by atoms with Crippen LogP contribution in [0.1, 0.15) is 22.8 Å². The summed E-state index contributed by atoms with van der Waals surface area (Å²) in [6.07, 6.45) is 4.42. The molecule has 0 radical (unpaired) electrons. The Hall–Kier alpha value is -2.76. The lowest BCUT2D eigenvalue weighted by Gasteiger charge is -2.28. The normalized spacial score (nSPS) is 19.5. The highest BCUT2D eigenvalue weighted by molar-refractivity contribution is 5.95. The summed E-state index contributed by atoms with van der Waals surface area (Å²) in [5, 5.41) is 2.93. The number of Topliss-reactive ketones (excluding diaryl/α,β-unsaturated/α-hetero) is 1. The topological polar surface area (TPSA) is 55.0 Å². The number of benzene rings is 2. The Morgan fingerprint density at radius 2 is 1.57 bits per heavy atom. The summed E-state index contributed by atoms with van der Waals surface area (Å²) in [6, 6.07) is 17.4. The molecule has 28 heavy (non-hydrogen) atoms. The minimum atomic E-state index is 0.0259. The molecule has 3 N–H and O–H groups in total. The predicted molar refractivity (Wildman–Crippen MR) is 112 cm³/mol. The van der Waals surface area contributed by atoms with E-state index in [1.54, 1.807) is 29.2 Å². The first-order valence-corrected chi connectivity index (χ1v) is 9.90. The Labute approximate surface area is 166 Å². The van der Waals surface area contributed by atoms with Crippen molar-refractivity contribution in [2.75, 3.05) is 44.6 Å². The number of quaternary nitrogens is 2. The van der Waals surface area contributed by atoms with Gasteiger partial charge in [-0.1, -0.05) is 36.4 Å². The van der Waals surface area contributed by atoms with Gasteiger partial charge in [-0.3, -0.25) is 9.59 Å². The van der Waals surface area contributed by atoms with Crippen molar-refractivity contribution in [3.8, 4) is 0 Å². The van der Waals surface area contributed by atoms with Gasteiger partial charge in [-0.25, -0.2) is 0 Å². The first kappa shape index (κ1) is 20.0. The van der Waals surface area contributed by atoms with Crippen LogP contribution in [-0.2, 0) is 4.79 Å². The maximum atomic E-state index is 12.3. The maximum absolute atomic E-state index is 12.3. The minimum Gasteiger partial charge on any atom is -0.322 e. The monoisotopic (exact) mass is 379 g/mol. The fraction of sp³-hybridized carbons (Fsp3) is 0.304. The number of carbonyl (C=O) groups excluding carboxylic acids is 2. The van der Waals surface area contributed by atoms with Gasteiger partial charge in [-0.2, -0.15) is 0 Å². The van der Waals surface area contributed by atoms with E-state index < -0.39 is 0 Å². The summed E-state index contributed by atoms with van der Waals surface area (Å²) < 4.78 is 0. The van der Waals surface area contributed by atoms with Gasteiger partial charge in [0.15, 0.2) is 12.3 Å². The molecule has 5 nitrogen and oxygen atoms in total. The number of nitrogens with one attached hydrogen (secondary N) is 3. The van der Waals surface area contributed by atoms with E-state index in [1.807, 2.05) is 6.07 Å². The van der Waals surface area contributed by atoms with E-state index in [-0.39, 0.29) is 11.7 Å². The van der Waals surface area contributed by atoms with Gasteiger partial charge >= 0.3 is 0 Å². The molecular formula is C23H29N3O2+2. The van der Waals surface area contributed by atoms with Crippen LogP contribution >= 0.6 is 0 Å². The van der Waals surface area contributed by atoms with E-state index in [4.69, 9.17) is 0 Å². The van der Waals surface area contributed by atoms with E-state index in [0.29, 0.717) is 12.1 Å². The second kappa shape index (κ2) is 9.97. The Kier molecular flexibility index (Phi) is 7.12. The molecule has 0 saturated carbocycles. The Morgan fingerprint density at radius 3 is 2.21 bits per heavy atom. The van der Waals surface area contributed by atoms with Crippen LogP contribution in [0, 0.1) is 0 Å². The van der Waals surface area contributed by atoms with Gasteiger partial charge in [-0.05, 0) is 42.8 Å². The summed E-state index contributed by atoms with van der Waals surface area (Å²) in [7, 11) is 0. The highest BCUT2D eigenvalue weighted by atomic mass is 16.2. The second-order valence-electron chi connectivity index (χ2n) is 7.38. The quantitative estimate of drug-likeness (QED) is 0.607. The molecule has 0 aromatic heterocycles. The first-order chi connectivity index (χ1) is 13.6. The number of carbonyl (C=O) groups is 2. The highest BCUT2D eigenvalue weighted by Gasteiger charge is 2.24. The third-order valence-electron chi connectivity index (χ3n) is 5.17. The molecule has 3 rings (SSSR count). The Balaban J connectivity index is 1.38. The molecule has 0 spiro atoms. The first-order valence-electron chi connectivity index (χ1n) is 9.90. The molecule has 0 bridgehead atoms. The van der Waals surface area contributed by atoms with E-state index in [2.05, 4.69) is 41.7 Å². The van der Waals surface area contributed by atoms with Gasteiger partial charge in [-0.15, -0.1) is 0 Å². The standard InChI is InChI=1S/C23H27N3O2/c1-19(27)21-9-11-22(12-10-21)24-23(28)18-26-16-14-25(15-17-26)13-5-8-20-6-3-2-4-7-20/h2-12H,13-18H2,1H3,(H,24,28)/p+2/b8-5+. The molecule has 1 aliphatic rings. The van der Waals surface area contributed by atoms with Gasteiger partial charge < -0.3 is 15.1 Å². The molecule has 1 aliphatic heterocycles. The molecule has 0 unspecified atom stereocenters. The van der Waals surface area contributed by atoms with Crippen LogP contribution in [0.2, 0.25) is 0 Å². The molecule has 1 fully saturated rings. The second-order valence-corrected chi connectivity index (χ2v) is 7.38. The summed E-state index contributed by atoms with van der Waals surface area (Å²) >= 11 is 0. The zero-order valence-electron chi connectivity index (χ0n) is 16.4. The Bertz CT molecular complexity index is 808. The summed E-state index contributed by atoms with van der Waals surface area (Å²) in [6.45, 7) is 7.22. The van der Waals surface area contributed by atoms with Crippen LogP contribution in [0.25, 0.3) is 6.08 Å². The SMILES string of the molecule is CC(=O)c1ccc(NC(=O)C[NH+]2CC[NH+](C/C=C/c3ccccc3)CC2)cc1. The van der Waals surface area contributed by atoms with Crippen LogP contribution in [0.4, 0.5) is 5.69 Å². The average molecular weight is 380 g/mol. The number of piperazine rings is 1. The average Bonchev–Trinajstić information content (AvgIpc) is 2.70. The molecule has 1 amide bonds. The van der Waals surface area contributed by atoms with Gasteiger partial charge in [0.1, 0.15) is 26.2 Å². The molecule has 1 saturated heterocycles. The third-order valence-corrected chi connectivity index (χ3v) is 5.17.